The zero-order valence-electron chi connectivity index (χ0n) is 23.3. The molecule has 0 bridgehead atoms. The fourth-order valence-corrected chi connectivity index (χ4v) is 8.10. The molecule has 1 unspecified atom stereocenters. The van der Waals surface area contributed by atoms with E-state index in [0.29, 0.717) is 67.9 Å². The first-order valence-corrected chi connectivity index (χ1v) is 15.9. The van der Waals surface area contributed by atoms with E-state index in [0.717, 1.165) is 27.1 Å². The smallest absolute Gasteiger partial charge is 0.269 e. The molecule has 11 nitrogen and oxygen atoms in total. The van der Waals surface area contributed by atoms with Crippen LogP contribution in [0.1, 0.15) is 22.0 Å². The molecule has 0 radical (unpaired) electrons. The zero-order chi connectivity index (χ0) is 30.1. The summed E-state index contributed by atoms with van der Waals surface area (Å²) in [5.74, 6) is 2.11. The fraction of sp³-hybridized carbons (Fsp3) is 0.125. The van der Waals surface area contributed by atoms with E-state index in [9.17, 15) is 9.59 Å². The topological polar surface area (TPSA) is 148 Å². The molecule has 9 rings (SSSR count). The monoisotopic (exact) mass is 631 g/mol. The predicted molar refractivity (Wildman–Crippen MR) is 172 cm³/mol. The summed E-state index contributed by atoms with van der Waals surface area (Å²) < 4.78 is 12.6. The Morgan fingerprint density at radius 2 is 1.58 bits per heavy atom. The summed E-state index contributed by atoms with van der Waals surface area (Å²) in [6.07, 6.45) is 3.93. The van der Waals surface area contributed by atoms with E-state index < -0.39 is 0 Å². The second-order valence-corrected chi connectivity index (χ2v) is 12.6. The fourth-order valence-electron chi connectivity index (χ4n) is 6.05. The van der Waals surface area contributed by atoms with Crippen LogP contribution in [0.25, 0.3) is 54.6 Å². The molecule has 3 N–H and O–H groups in total. The van der Waals surface area contributed by atoms with E-state index in [1.807, 2.05) is 53.9 Å². The number of aromatic nitrogens is 6. The number of hydrogen-bond donors (Lipinski definition) is 3. The van der Waals surface area contributed by atoms with Crippen molar-refractivity contribution in [3.8, 4) is 45.7 Å². The average Bonchev–Trinajstić information content (AvgIpc) is 3.82. The van der Waals surface area contributed by atoms with Crippen LogP contribution in [0.15, 0.2) is 75.9 Å². The lowest BCUT2D eigenvalue weighted by Gasteiger charge is -2.25. The molecule has 0 spiro atoms. The molecule has 7 aromatic rings. The molecule has 220 valence electrons. The number of pyridine rings is 2. The van der Waals surface area contributed by atoms with Crippen molar-refractivity contribution in [1.29, 1.82) is 0 Å². The number of nitrogens with zero attached hydrogens (tertiary/aromatic N) is 4. The standard InChI is InChI=1S/C32H21N7O4S2/c40-30-23-17-11-21(35-12-22(17)45-32(23)39-29(37-30)20-6-2-4-10-34-20)16-8-7-15(25-26(16)43-14-42-25)18-13-44-27-24(18)36-28(38-31(27)41)19-5-1-3-9-33-19/h1-10,13,21,35H,11-12,14H2,(H,36,38,41)(H,37,39,40). The quantitative estimate of drug-likeness (QED) is 0.239. The Hall–Kier alpha value is -5.24. The van der Waals surface area contributed by atoms with Gasteiger partial charge >= 0.3 is 0 Å². The normalized spacial score (nSPS) is 15.5. The number of aromatic amines is 2. The SMILES string of the molecule is O=c1[nH]c(-c2ccccn2)nc2c(-c3ccc(C4Cc5c(sc6nc(-c7ccccn7)[nH]c(=O)c56)CN4)c4c3OCO4)csc12. The first-order chi connectivity index (χ1) is 22.1. The van der Waals surface area contributed by atoms with Crippen molar-refractivity contribution < 1.29 is 9.47 Å². The average molecular weight is 632 g/mol. The molecule has 6 aromatic heterocycles. The molecule has 0 fully saturated rings. The van der Waals surface area contributed by atoms with Gasteiger partial charge in [0, 0.05) is 51.9 Å². The summed E-state index contributed by atoms with van der Waals surface area (Å²) in [5, 5.41) is 6.17. The van der Waals surface area contributed by atoms with Crippen molar-refractivity contribution in [3.63, 3.8) is 0 Å². The largest absolute Gasteiger partial charge is 0.453 e. The molecule has 13 heteroatoms. The number of nitrogens with one attached hydrogen (secondary N) is 3. The van der Waals surface area contributed by atoms with Crippen molar-refractivity contribution in [2.75, 3.05) is 6.79 Å². The Balaban J connectivity index is 1.10. The van der Waals surface area contributed by atoms with Crippen LogP contribution < -0.4 is 25.9 Å². The summed E-state index contributed by atoms with van der Waals surface area (Å²) in [4.78, 5) is 52.2. The van der Waals surface area contributed by atoms with Gasteiger partial charge in [-0.2, -0.15) is 0 Å². The number of hydrogen-bond acceptors (Lipinski definition) is 11. The molecular formula is C32H21N7O4S2. The zero-order valence-corrected chi connectivity index (χ0v) is 24.9. The van der Waals surface area contributed by atoms with Crippen LogP contribution in [0.3, 0.4) is 0 Å². The Labute approximate surface area is 261 Å². The molecule has 0 amide bonds. The second kappa shape index (κ2) is 10.2. The lowest BCUT2D eigenvalue weighted by Crippen LogP contribution is -2.28. The molecule has 45 heavy (non-hydrogen) atoms. The highest BCUT2D eigenvalue weighted by atomic mass is 32.1. The number of thiophene rings is 2. The summed E-state index contributed by atoms with van der Waals surface area (Å²) >= 11 is 2.87. The molecule has 1 aromatic carbocycles. The molecule has 1 atom stereocenters. The lowest BCUT2D eigenvalue weighted by molar-refractivity contribution is 0.173. The van der Waals surface area contributed by atoms with Gasteiger partial charge in [0.25, 0.3) is 11.1 Å². The third-order valence-corrected chi connectivity index (χ3v) is 10.2. The second-order valence-electron chi connectivity index (χ2n) is 10.7. The summed E-state index contributed by atoms with van der Waals surface area (Å²) in [6.45, 7) is 0.669. The van der Waals surface area contributed by atoms with Crippen LogP contribution >= 0.6 is 22.7 Å². The van der Waals surface area contributed by atoms with E-state index in [1.54, 1.807) is 12.4 Å². The minimum absolute atomic E-state index is 0.0772. The van der Waals surface area contributed by atoms with Crippen molar-refractivity contribution >= 4 is 43.1 Å². The maximum absolute atomic E-state index is 13.3. The van der Waals surface area contributed by atoms with Gasteiger partial charge in [-0.05, 0) is 42.3 Å². The van der Waals surface area contributed by atoms with E-state index in [2.05, 4.69) is 25.3 Å². The predicted octanol–water partition coefficient (Wildman–Crippen LogP) is 5.19. The third-order valence-electron chi connectivity index (χ3n) is 8.12. The van der Waals surface area contributed by atoms with Crippen LogP contribution in [0, 0.1) is 0 Å². The Morgan fingerprint density at radius 1 is 0.822 bits per heavy atom. The first kappa shape index (κ1) is 26.2. The van der Waals surface area contributed by atoms with Gasteiger partial charge in [-0.1, -0.05) is 18.2 Å². The van der Waals surface area contributed by atoms with Crippen molar-refractivity contribution in [2.24, 2.45) is 0 Å². The first-order valence-electron chi connectivity index (χ1n) is 14.2. The van der Waals surface area contributed by atoms with Gasteiger partial charge in [-0.25, -0.2) is 9.97 Å². The lowest BCUT2D eigenvalue weighted by atomic mass is 9.92. The number of benzene rings is 1. The Morgan fingerprint density at radius 3 is 2.36 bits per heavy atom. The highest BCUT2D eigenvalue weighted by Crippen LogP contribution is 2.49. The van der Waals surface area contributed by atoms with Crippen molar-refractivity contribution in [2.45, 2.75) is 19.0 Å². The van der Waals surface area contributed by atoms with E-state index in [-0.39, 0.29) is 24.0 Å². The Kier molecular flexibility index (Phi) is 5.91. The third kappa shape index (κ3) is 4.19. The molecule has 0 saturated heterocycles. The van der Waals surface area contributed by atoms with Crippen molar-refractivity contribution in [3.05, 3.63) is 103 Å². The van der Waals surface area contributed by atoms with Gasteiger partial charge in [0.05, 0.1) is 10.9 Å². The molecule has 8 heterocycles. The maximum atomic E-state index is 13.3. The maximum Gasteiger partial charge on any atom is 0.269 e. The van der Waals surface area contributed by atoms with Gasteiger partial charge in [0.1, 0.15) is 20.9 Å². The van der Waals surface area contributed by atoms with Crippen LogP contribution in [0.2, 0.25) is 0 Å². The summed E-state index contributed by atoms with van der Waals surface area (Å²) in [5.41, 5.74) is 4.91. The highest BCUT2D eigenvalue weighted by molar-refractivity contribution is 7.19. The molecule has 0 aliphatic carbocycles. The number of rotatable bonds is 4. The molecule has 2 aliphatic heterocycles. The number of fused-ring (bicyclic) bond motifs is 5. The summed E-state index contributed by atoms with van der Waals surface area (Å²) in [7, 11) is 0. The molecular weight excluding hydrogens is 611 g/mol. The van der Waals surface area contributed by atoms with Crippen LogP contribution in [-0.2, 0) is 13.0 Å². The van der Waals surface area contributed by atoms with Crippen LogP contribution in [0.4, 0.5) is 0 Å². The van der Waals surface area contributed by atoms with Gasteiger partial charge in [-0.15, -0.1) is 22.7 Å². The molecule has 0 saturated carbocycles. The molecule has 2 aliphatic rings. The number of ether oxygens (including phenoxy) is 2. The van der Waals surface area contributed by atoms with Gasteiger partial charge in [0.2, 0.25) is 6.79 Å². The van der Waals surface area contributed by atoms with Crippen LogP contribution in [0.5, 0.6) is 11.5 Å². The van der Waals surface area contributed by atoms with Crippen LogP contribution in [-0.4, -0.2) is 36.7 Å². The van der Waals surface area contributed by atoms with E-state index in [4.69, 9.17) is 19.4 Å². The minimum Gasteiger partial charge on any atom is -0.453 e. The Bertz CT molecular complexity index is 2400. The van der Waals surface area contributed by atoms with Gasteiger partial charge < -0.3 is 24.8 Å². The summed E-state index contributed by atoms with van der Waals surface area (Å²) in [6, 6.07) is 14.9. The minimum atomic E-state index is -0.218. The van der Waals surface area contributed by atoms with Crippen molar-refractivity contribution in [1.82, 2.24) is 35.2 Å². The van der Waals surface area contributed by atoms with Gasteiger partial charge in [0.15, 0.2) is 23.1 Å². The highest BCUT2D eigenvalue weighted by Gasteiger charge is 2.32. The van der Waals surface area contributed by atoms with E-state index >= 15 is 0 Å². The number of H-pyrrole nitrogens is 2. The van der Waals surface area contributed by atoms with Gasteiger partial charge in [-0.3, -0.25) is 19.6 Å². The van der Waals surface area contributed by atoms with E-state index in [1.165, 1.54) is 22.7 Å².